The van der Waals surface area contributed by atoms with E-state index in [0.717, 1.165) is 16.5 Å². The number of carbonyl (C=O) groups is 2. The Bertz CT molecular complexity index is 687. The molecule has 1 saturated heterocycles. The van der Waals surface area contributed by atoms with Crippen molar-refractivity contribution in [2.75, 3.05) is 5.73 Å². The SMILES string of the molecule is Cc1cc2c(C3CCC(=O)NC3=O)coc2cc1N. The van der Waals surface area contributed by atoms with Crippen LogP contribution in [0.5, 0.6) is 0 Å². The average Bonchev–Trinajstić information content (AvgIpc) is 2.73. The number of hydrogen-bond donors (Lipinski definition) is 2. The maximum Gasteiger partial charge on any atom is 0.234 e. The molecule has 3 rings (SSSR count). The molecule has 98 valence electrons. The van der Waals surface area contributed by atoms with Gasteiger partial charge in [-0.15, -0.1) is 0 Å². The van der Waals surface area contributed by atoms with E-state index in [1.807, 2.05) is 13.0 Å². The number of benzene rings is 1. The van der Waals surface area contributed by atoms with Gasteiger partial charge in [-0.1, -0.05) is 0 Å². The fourth-order valence-corrected chi connectivity index (χ4v) is 2.48. The van der Waals surface area contributed by atoms with Crippen LogP contribution < -0.4 is 11.1 Å². The van der Waals surface area contributed by atoms with Crippen molar-refractivity contribution >= 4 is 28.5 Å². The van der Waals surface area contributed by atoms with Gasteiger partial charge in [0.25, 0.3) is 0 Å². The molecule has 19 heavy (non-hydrogen) atoms. The normalized spacial score (nSPS) is 19.7. The van der Waals surface area contributed by atoms with Gasteiger partial charge in [-0.25, -0.2) is 0 Å². The molecule has 2 aromatic rings. The van der Waals surface area contributed by atoms with E-state index in [9.17, 15) is 9.59 Å². The van der Waals surface area contributed by atoms with Gasteiger partial charge < -0.3 is 10.2 Å². The summed E-state index contributed by atoms with van der Waals surface area (Å²) in [6.45, 7) is 1.91. The van der Waals surface area contributed by atoms with Crippen LogP contribution in [0.2, 0.25) is 0 Å². The average molecular weight is 258 g/mol. The van der Waals surface area contributed by atoms with Gasteiger partial charge in [0, 0.05) is 29.1 Å². The molecule has 0 bridgehead atoms. The van der Waals surface area contributed by atoms with Crippen LogP contribution in [0.25, 0.3) is 11.0 Å². The van der Waals surface area contributed by atoms with E-state index in [4.69, 9.17) is 10.2 Å². The molecule has 0 radical (unpaired) electrons. The first-order valence-electron chi connectivity index (χ1n) is 6.17. The molecule has 5 nitrogen and oxygen atoms in total. The van der Waals surface area contributed by atoms with E-state index in [1.165, 1.54) is 0 Å². The molecule has 1 aliphatic rings. The number of aryl methyl sites for hydroxylation is 1. The quantitative estimate of drug-likeness (QED) is 0.603. The molecule has 3 N–H and O–H groups in total. The summed E-state index contributed by atoms with van der Waals surface area (Å²) in [5.41, 5.74) is 8.94. The number of rotatable bonds is 1. The molecule has 1 atom stereocenters. The lowest BCUT2D eigenvalue weighted by Gasteiger charge is -2.19. The minimum atomic E-state index is -0.332. The van der Waals surface area contributed by atoms with E-state index in [2.05, 4.69) is 5.32 Å². The molecule has 2 amide bonds. The highest BCUT2D eigenvalue weighted by atomic mass is 16.3. The summed E-state index contributed by atoms with van der Waals surface area (Å²) in [4.78, 5) is 23.1. The van der Waals surface area contributed by atoms with Crippen molar-refractivity contribution in [3.63, 3.8) is 0 Å². The van der Waals surface area contributed by atoms with Crippen molar-refractivity contribution in [2.45, 2.75) is 25.7 Å². The monoisotopic (exact) mass is 258 g/mol. The van der Waals surface area contributed by atoms with Gasteiger partial charge >= 0.3 is 0 Å². The molecule has 1 aromatic heterocycles. The lowest BCUT2D eigenvalue weighted by atomic mass is 9.90. The number of hydrogen-bond acceptors (Lipinski definition) is 4. The maximum absolute atomic E-state index is 11.9. The number of nitrogens with one attached hydrogen (secondary N) is 1. The zero-order chi connectivity index (χ0) is 13.6. The molecule has 0 spiro atoms. The molecule has 5 heteroatoms. The van der Waals surface area contributed by atoms with Crippen molar-refractivity contribution in [1.29, 1.82) is 0 Å². The molecular formula is C14H14N2O3. The summed E-state index contributed by atoms with van der Waals surface area (Å²) >= 11 is 0. The Morgan fingerprint density at radius 3 is 2.89 bits per heavy atom. The van der Waals surface area contributed by atoms with Gasteiger partial charge in [0.1, 0.15) is 5.58 Å². The summed E-state index contributed by atoms with van der Waals surface area (Å²) < 4.78 is 5.47. The number of amides is 2. The summed E-state index contributed by atoms with van der Waals surface area (Å²) in [5.74, 6) is -0.801. The van der Waals surface area contributed by atoms with Crippen LogP contribution >= 0.6 is 0 Å². The van der Waals surface area contributed by atoms with E-state index in [1.54, 1.807) is 12.3 Å². The molecule has 1 aromatic carbocycles. The number of anilines is 1. The molecule has 1 unspecified atom stereocenters. The van der Waals surface area contributed by atoms with Crippen molar-refractivity contribution in [1.82, 2.24) is 5.32 Å². The lowest BCUT2D eigenvalue weighted by Crippen LogP contribution is -2.39. The third kappa shape index (κ3) is 1.87. The van der Waals surface area contributed by atoms with E-state index >= 15 is 0 Å². The van der Waals surface area contributed by atoms with Crippen LogP contribution in [0.4, 0.5) is 5.69 Å². The maximum atomic E-state index is 11.9. The highest BCUT2D eigenvalue weighted by Gasteiger charge is 2.30. The smallest absolute Gasteiger partial charge is 0.234 e. The molecule has 1 aliphatic heterocycles. The second kappa shape index (κ2) is 4.12. The Morgan fingerprint density at radius 2 is 2.16 bits per heavy atom. The predicted molar refractivity (Wildman–Crippen MR) is 70.5 cm³/mol. The van der Waals surface area contributed by atoms with Gasteiger partial charge in [-0.3, -0.25) is 14.9 Å². The first-order chi connectivity index (χ1) is 9.06. The van der Waals surface area contributed by atoms with Crippen LogP contribution in [0, 0.1) is 6.92 Å². The zero-order valence-corrected chi connectivity index (χ0v) is 10.5. The highest BCUT2D eigenvalue weighted by Crippen LogP contribution is 2.34. The second-order valence-electron chi connectivity index (χ2n) is 4.90. The van der Waals surface area contributed by atoms with Crippen molar-refractivity contribution < 1.29 is 14.0 Å². The number of imide groups is 1. The minimum absolute atomic E-state index is 0.213. The Balaban J connectivity index is 2.08. The van der Waals surface area contributed by atoms with Gasteiger partial charge in [-0.2, -0.15) is 0 Å². The molecule has 1 fully saturated rings. The van der Waals surface area contributed by atoms with Crippen LogP contribution in [-0.2, 0) is 9.59 Å². The third-order valence-electron chi connectivity index (χ3n) is 3.61. The number of nitrogens with two attached hydrogens (primary N) is 1. The Labute approximate surface area is 109 Å². The molecular weight excluding hydrogens is 244 g/mol. The Kier molecular flexibility index (Phi) is 2.55. The zero-order valence-electron chi connectivity index (χ0n) is 10.5. The summed E-state index contributed by atoms with van der Waals surface area (Å²) in [5, 5.41) is 3.25. The Hall–Kier alpha value is -2.30. The minimum Gasteiger partial charge on any atom is -0.464 e. The van der Waals surface area contributed by atoms with Crippen LogP contribution in [-0.4, -0.2) is 11.8 Å². The fraction of sp³-hybridized carbons (Fsp3) is 0.286. The largest absolute Gasteiger partial charge is 0.464 e. The van der Waals surface area contributed by atoms with Crippen molar-refractivity contribution in [3.8, 4) is 0 Å². The van der Waals surface area contributed by atoms with Crippen LogP contribution in [0.15, 0.2) is 22.8 Å². The molecule has 2 heterocycles. The van der Waals surface area contributed by atoms with E-state index < -0.39 is 0 Å². The van der Waals surface area contributed by atoms with Gasteiger partial charge in [0.15, 0.2) is 0 Å². The molecule has 0 aliphatic carbocycles. The van der Waals surface area contributed by atoms with Crippen molar-refractivity contribution in [3.05, 3.63) is 29.5 Å². The summed E-state index contributed by atoms with van der Waals surface area (Å²) in [7, 11) is 0. The number of piperidine rings is 1. The highest BCUT2D eigenvalue weighted by molar-refractivity contribution is 6.03. The number of nitrogen functional groups attached to an aromatic ring is 1. The van der Waals surface area contributed by atoms with E-state index in [0.29, 0.717) is 24.1 Å². The topological polar surface area (TPSA) is 85.3 Å². The predicted octanol–water partition coefficient (Wildman–Crippen LogP) is 1.84. The first kappa shape index (κ1) is 11.8. The van der Waals surface area contributed by atoms with Crippen molar-refractivity contribution in [2.24, 2.45) is 0 Å². The molecule has 0 saturated carbocycles. The van der Waals surface area contributed by atoms with Gasteiger partial charge in [-0.05, 0) is 25.0 Å². The van der Waals surface area contributed by atoms with Gasteiger partial charge in [0.05, 0.1) is 12.2 Å². The van der Waals surface area contributed by atoms with Crippen LogP contribution in [0.1, 0.15) is 29.9 Å². The number of carbonyl (C=O) groups excluding carboxylic acids is 2. The second-order valence-corrected chi connectivity index (χ2v) is 4.90. The summed E-state index contributed by atoms with van der Waals surface area (Å²) in [6, 6.07) is 3.69. The Morgan fingerprint density at radius 1 is 1.37 bits per heavy atom. The fourth-order valence-electron chi connectivity index (χ4n) is 2.48. The first-order valence-corrected chi connectivity index (χ1v) is 6.17. The third-order valence-corrected chi connectivity index (χ3v) is 3.61. The number of furan rings is 1. The van der Waals surface area contributed by atoms with Gasteiger partial charge in [0.2, 0.25) is 11.8 Å². The van der Waals surface area contributed by atoms with E-state index in [-0.39, 0.29) is 17.7 Å². The lowest BCUT2D eigenvalue weighted by molar-refractivity contribution is -0.134. The number of fused-ring (bicyclic) bond motifs is 1. The van der Waals surface area contributed by atoms with Crippen LogP contribution in [0.3, 0.4) is 0 Å². The summed E-state index contributed by atoms with van der Waals surface area (Å²) in [6.07, 6.45) is 2.46. The standard InChI is InChI=1S/C14H14N2O3/c1-7-4-9-10(6-19-12(9)5-11(7)15)8-2-3-13(17)16-14(8)18/h4-6,8H,2-3,15H2,1H3,(H,16,17,18).